The number of β-amino-alcohol motifs (C(OH)–C–C–N with tert-alkyl or cyclic N) is 1. The molecule has 2 aromatic carbocycles. The first-order valence-electron chi connectivity index (χ1n) is 9.84. The third kappa shape index (κ3) is 6.66. The lowest BCUT2D eigenvalue weighted by molar-refractivity contribution is -0.0498. The van der Waals surface area contributed by atoms with Gasteiger partial charge in [-0.05, 0) is 41.8 Å². The lowest BCUT2D eigenvalue weighted by Crippen LogP contribution is -2.47. The Morgan fingerprint density at radius 3 is 2.07 bits per heavy atom. The van der Waals surface area contributed by atoms with Gasteiger partial charge in [0.2, 0.25) is 0 Å². The van der Waals surface area contributed by atoms with E-state index in [1.807, 2.05) is 12.1 Å². The van der Waals surface area contributed by atoms with Crippen LogP contribution in [0.3, 0.4) is 0 Å². The van der Waals surface area contributed by atoms with E-state index in [1.54, 1.807) is 19.2 Å². The Balaban J connectivity index is 1.39. The van der Waals surface area contributed by atoms with Crippen LogP contribution in [0, 0.1) is 0 Å². The van der Waals surface area contributed by atoms with Crippen molar-refractivity contribution in [1.82, 2.24) is 9.80 Å². The Bertz CT molecular complexity index is 733. The second-order valence-corrected chi connectivity index (χ2v) is 7.20. The van der Waals surface area contributed by atoms with Crippen LogP contribution in [-0.2, 0) is 6.42 Å². The molecule has 1 atom stereocenters. The lowest BCUT2D eigenvalue weighted by Gasteiger charge is -2.35. The maximum Gasteiger partial charge on any atom is 0.387 e. The fourth-order valence-corrected chi connectivity index (χ4v) is 3.50. The van der Waals surface area contributed by atoms with E-state index in [0.29, 0.717) is 12.1 Å². The summed E-state index contributed by atoms with van der Waals surface area (Å²) in [6.45, 7) is 2.41. The lowest BCUT2D eigenvalue weighted by atomic mass is 10.1. The zero-order valence-corrected chi connectivity index (χ0v) is 16.6. The highest BCUT2D eigenvalue weighted by atomic mass is 19.3. The van der Waals surface area contributed by atoms with Crippen molar-refractivity contribution < 1.29 is 23.4 Å². The molecule has 0 spiro atoms. The highest BCUT2D eigenvalue weighted by Crippen LogP contribution is 2.20. The molecule has 1 saturated heterocycles. The van der Waals surface area contributed by atoms with Gasteiger partial charge >= 0.3 is 6.61 Å². The molecule has 0 aliphatic carbocycles. The van der Waals surface area contributed by atoms with Crippen molar-refractivity contribution in [2.24, 2.45) is 0 Å². The summed E-state index contributed by atoms with van der Waals surface area (Å²) in [5.74, 6) is 0.971. The van der Waals surface area contributed by atoms with Gasteiger partial charge in [-0.25, -0.2) is 0 Å². The number of aliphatic hydroxyl groups is 1. The van der Waals surface area contributed by atoms with E-state index >= 15 is 0 Å². The van der Waals surface area contributed by atoms with Crippen LogP contribution in [0.15, 0.2) is 48.5 Å². The minimum atomic E-state index is -2.84. The van der Waals surface area contributed by atoms with E-state index in [2.05, 4.69) is 26.7 Å². The van der Waals surface area contributed by atoms with E-state index in [4.69, 9.17) is 4.74 Å². The Labute approximate surface area is 170 Å². The summed E-state index contributed by atoms with van der Waals surface area (Å²) in [5, 5.41) is 10.5. The van der Waals surface area contributed by atoms with Crippen LogP contribution in [0.5, 0.6) is 11.5 Å². The summed E-state index contributed by atoms with van der Waals surface area (Å²) in [6.07, 6.45) is 0.348. The van der Waals surface area contributed by atoms with Crippen molar-refractivity contribution in [2.45, 2.75) is 19.1 Å². The molecule has 0 bridgehead atoms. The van der Waals surface area contributed by atoms with Crippen LogP contribution in [0.1, 0.15) is 17.2 Å². The van der Waals surface area contributed by atoms with E-state index < -0.39 is 12.7 Å². The van der Waals surface area contributed by atoms with Crippen molar-refractivity contribution in [3.63, 3.8) is 0 Å². The predicted molar refractivity (Wildman–Crippen MR) is 108 cm³/mol. The fourth-order valence-electron chi connectivity index (χ4n) is 3.50. The average Bonchev–Trinajstić information content (AvgIpc) is 2.73. The van der Waals surface area contributed by atoms with Crippen molar-refractivity contribution in [3.05, 3.63) is 59.7 Å². The third-order valence-electron chi connectivity index (χ3n) is 5.26. The molecule has 0 amide bonds. The van der Waals surface area contributed by atoms with Crippen LogP contribution < -0.4 is 9.47 Å². The molecule has 158 valence electrons. The number of hydrogen-bond acceptors (Lipinski definition) is 5. The predicted octanol–water partition coefficient (Wildman–Crippen LogP) is 3.19. The summed E-state index contributed by atoms with van der Waals surface area (Å²) >= 11 is 0. The molecule has 29 heavy (non-hydrogen) atoms. The fraction of sp³-hybridized carbons (Fsp3) is 0.455. The second kappa shape index (κ2) is 10.5. The van der Waals surface area contributed by atoms with Gasteiger partial charge in [-0.15, -0.1) is 0 Å². The van der Waals surface area contributed by atoms with E-state index in [-0.39, 0.29) is 5.75 Å². The smallest absolute Gasteiger partial charge is 0.387 e. The van der Waals surface area contributed by atoms with Crippen LogP contribution >= 0.6 is 0 Å². The number of benzene rings is 2. The van der Waals surface area contributed by atoms with Gasteiger partial charge in [0, 0.05) is 39.3 Å². The SMILES string of the molecule is COc1ccc(CCN2CCN(CC(O)c3ccc(OC(F)F)cc3)CC2)cc1. The third-order valence-corrected chi connectivity index (χ3v) is 5.26. The van der Waals surface area contributed by atoms with E-state index in [9.17, 15) is 13.9 Å². The molecular formula is C22H28F2N2O3. The highest BCUT2D eigenvalue weighted by molar-refractivity contribution is 5.29. The number of rotatable bonds is 9. The molecule has 7 heteroatoms. The molecule has 0 saturated carbocycles. The molecule has 1 fully saturated rings. The molecule has 1 N–H and O–H groups in total. The Morgan fingerprint density at radius 1 is 0.897 bits per heavy atom. The molecular weight excluding hydrogens is 378 g/mol. The number of alkyl halides is 2. The van der Waals surface area contributed by atoms with Crippen molar-refractivity contribution >= 4 is 0 Å². The zero-order chi connectivity index (χ0) is 20.6. The minimum absolute atomic E-state index is 0.0985. The first-order valence-corrected chi connectivity index (χ1v) is 9.84. The van der Waals surface area contributed by atoms with Crippen LogP contribution in [-0.4, -0.2) is 67.9 Å². The largest absolute Gasteiger partial charge is 0.497 e. The summed E-state index contributed by atoms with van der Waals surface area (Å²) < 4.78 is 34.0. The number of piperazine rings is 1. The molecule has 5 nitrogen and oxygen atoms in total. The molecule has 1 aliphatic heterocycles. The van der Waals surface area contributed by atoms with Gasteiger partial charge in [0.15, 0.2) is 0 Å². The maximum absolute atomic E-state index is 12.2. The zero-order valence-electron chi connectivity index (χ0n) is 16.6. The Hall–Kier alpha value is -2.22. The topological polar surface area (TPSA) is 45.2 Å². The van der Waals surface area contributed by atoms with Gasteiger partial charge in [0.05, 0.1) is 13.2 Å². The van der Waals surface area contributed by atoms with Crippen LogP contribution in [0.25, 0.3) is 0 Å². The van der Waals surface area contributed by atoms with Gasteiger partial charge in [-0.3, -0.25) is 4.90 Å². The van der Waals surface area contributed by atoms with Crippen molar-refractivity contribution in [2.75, 3.05) is 46.4 Å². The quantitative estimate of drug-likeness (QED) is 0.693. The highest BCUT2D eigenvalue weighted by Gasteiger charge is 2.20. The first kappa shape index (κ1) is 21.5. The Kier molecular flexibility index (Phi) is 7.80. The molecule has 3 rings (SSSR count). The first-order chi connectivity index (χ1) is 14.0. The van der Waals surface area contributed by atoms with Gasteiger partial charge in [0.25, 0.3) is 0 Å². The number of nitrogens with zero attached hydrogens (tertiary/aromatic N) is 2. The van der Waals surface area contributed by atoms with Crippen LogP contribution in [0.4, 0.5) is 8.78 Å². The molecule has 1 heterocycles. The maximum atomic E-state index is 12.2. The summed E-state index contributed by atoms with van der Waals surface area (Å²) in [4.78, 5) is 4.67. The minimum Gasteiger partial charge on any atom is -0.497 e. The van der Waals surface area contributed by atoms with Gasteiger partial charge in [-0.1, -0.05) is 24.3 Å². The summed E-state index contributed by atoms with van der Waals surface area (Å²) in [7, 11) is 1.67. The van der Waals surface area contributed by atoms with Crippen LogP contribution in [0.2, 0.25) is 0 Å². The molecule has 2 aromatic rings. The van der Waals surface area contributed by atoms with Crippen molar-refractivity contribution in [3.8, 4) is 11.5 Å². The number of ether oxygens (including phenoxy) is 2. The Morgan fingerprint density at radius 2 is 1.48 bits per heavy atom. The molecule has 0 radical (unpaired) electrons. The van der Waals surface area contributed by atoms with E-state index in [1.165, 1.54) is 17.7 Å². The number of aliphatic hydroxyl groups excluding tert-OH is 1. The molecule has 0 aromatic heterocycles. The average molecular weight is 406 g/mol. The number of hydrogen-bond donors (Lipinski definition) is 1. The molecule has 1 aliphatic rings. The number of methoxy groups -OCH3 is 1. The van der Waals surface area contributed by atoms with E-state index in [0.717, 1.165) is 44.9 Å². The van der Waals surface area contributed by atoms with Gasteiger partial charge in [0.1, 0.15) is 11.5 Å². The van der Waals surface area contributed by atoms with Crippen molar-refractivity contribution in [1.29, 1.82) is 0 Å². The standard InChI is InChI=1S/C22H28F2N2O3/c1-28-19-6-2-17(3-7-19)10-11-25-12-14-26(15-13-25)16-21(27)18-4-8-20(9-5-18)29-22(23)24/h2-9,21-22,27H,10-16H2,1H3. The number of halogens is 2. The van der Waals surface area contributed by atoms with Gasteiger partial charge in [-0.2, -0.15) is 8.78 Å². The summed E-state index contributed by atoms with van der Waals surface area (Å²) in [5.41, 5.74) is 2.00. The molecule has 1 unspecified atom stereocenters. The van der Waals surface area contributed by atoms with Gasteiger partial charge < -0.3 is 19.5 Å². The normalized spacial score (nSPS) is 16.7. The summed E-state index contributed by atoms with van der Waals surface area (Å²) in [6, 6.07) is 14.4. The monoisotopic (exact) mass is 406 g/mol. The second-order valence-electron chi connectivity index (χ2n) is 7.20.